The van der Waals surface area contributed by atoms with Gasteiger partial charge in [0.2, 0.25) is 0 Å². The van der Waals surface area contributed by atoms with Gasteiger partial charge in [-0.2, -0.15) is 0 Å². The normalized spacial score (nSPS) is 14.1. The Morgan fingerprint density at radius 1 is 1.44 bits per heavy atom. The third-order valence-electron chi connectivity index (χ3n) is 3.06. The van der Waals surface area contributed by atoms with E-state index in [1.807, 2.05) is 13.8 Å². The molecule has 0 amide bonds. The molecule has 0 bridgehead atoms. The van der Waals surface area contributed by atoms with Crippen LogP contribution in [0.4, 0.5) is 0 Å². The molecule has 16 heavy (non-hydrogen) atoms. The molecule has 2 N–H and O–H groups in total. The fraction of sp³-hybridized carbons (Fsp3) is 0.750. The third-order valence-corrected chi connectivity index (χ3v) is 4.06. The summed E-state index contributed by atoms with van der Waals surface area (Å²) in [6, 6.07) is 0. The molecule has 0 aromatic carbocycles. The Labute approximate surface area is 102 Å². The van der Waals surface area contributed by atoms with E-state index >= 15 is 0 Å². The predicted molar refractivity (Wildman–Crippen MR) is 68.6 cm³/mol. The number of rotatable bonds is 6. The monoisotopic (exact) mass is 242 g/mol. The number of hydrogen-bond donors (Lipinski definition) is 1. The summed E-state index contributed by atoms with van der Waals surface area (Å²) in [5.41, 5.74) is 7.04. The molecule has 92 valence electrons. The van der Waals surface area contributed by atoms with Crippen LogP contribution in [0.25, 0.3) is 0 Å². The van der Waals surface area contributed by atoms with E-state index in [4.69, 9.17) is 10.5 Å². The molecule has 0 spiro atoms. The minimum absolute atomic E-state index is 0.0710. The van der Waals surface area contributed by atoms with Crippen molar-refractivity contribution in [2.24, 2.45) is 5.73 Å². The number of nitrogens with zero attached hydrogens (tertiary/aromatic N) is 1. The molecule has 4 heteroatoms. The lowest BCUT2D eigenvalue weighted by Crippen LogP contribution is -2.35. The summed E-state index contributed by atoms with van der Waals surface area (Å²) in [4.78, 5) is 4.61. The number of nitrogens with two attached hydrogens (primary N) is 1. The summed E-state index contributed by atoms with van der Waals surface area (Å²) in [7, 11) is 0. The maximum atomic E-state index is 6.31. The van der Waals surface area contributed by atoms with Crippen LogP contribution in [0.2, 0.25) is 0 Å². The van der Waals surface area contributed by atoms with Gasteiger partial charge in [0.05, 0.1) is 11.2 Å². The van der Waals surface area contributed by atoms with Gasteiger partial charge in [0.15, 0.2) is 0 Å². The van der Waals surface area contributed by atoms with E-state index in [1.54, 1.807) is 11.3 Å². The minimum atomic E-state index is -0.277. The molecular formula is C12H22N2OS. The second-order valence-corrected chi connectivity index (χ2v) is 4.92. The smallest absolute Gasteiger partial charge is 0.122 e. The van der Waals surface area contributed by atoms with Crippen molar-refractivity contribution in [3.05, 3.63) is 16.1 Å². The molecule has 0 aliphatic heterocycles. The highest BCUT2D eigenvalue weighted by atomic mass is 32.1. The summed E-state index contributed by atoms with van der Waals surface area (Å²) in [6.07, 6.45) is 1.90. The maximum absolute atomic E-state index is 6.31. The summed E-state index contributed by atoms with van der Waals surface area (Å²) in [5, 5.41) is 3.09. The lowest BCUT2D eigenvalue weighted by Gasteiger charge is -2.24. The largest absolute Gasteiger partial charge is 0.372 e. The first-order valence-corrected chi connectivity index (χ1v) is 6.81. The van der Waals surface area contributed by atoms with Crippen LogP contribution in [-0.4, -0.2) is 11.6 Å². The van der Waals surface area contributed by atoms with Crippen molar-refractivity contribution >= 4 is 11.3 Å². The van der Waals surface area contributed by atoms with Crippen molar-refractivity contribution in [2.75, 3.05) is 6.61 Å². The Morgan fingerprint density at radius 2 is 2.06 bits per heavy atom. The highest BCUT2D eigenvalue weighted by Crippen LogP contribution is 2.29. The molecule has 1 unspecified atom stereocenters. The van der Waals surface area contributed by atoms with Crippen molar-refractivity contribution in [2.45, 2.75) is 52.2 Å². The Kier molecular flexibility index (Phi) is 4.89. The molecule has 0 aliphatic rings. The second-order valence-electron chi connectivity index (χ2n) is 4.03. The topological polar surface area (TPSA) is 48.1 Å². The third kappa shape index (κ3) is 2.81. The second kappa shape index (κ2) is 5.75. The SMILES string of the molecule is CCOC(C)c1nc(C(N)(CC)CC)cs1. The summed E-state index contributed by atoms with van der Waals surface area (Å²) >= 11 is 1.64. The lowest BCUT2D eigenvalue weighted by atomic mass is 9.91. The first-order valence-electron chi connectivity index (χ1n) is 5.93. The standard InChI is InChI=1S/C12H22N2OS/c1-5-12(13,6-2)10-8-16-11(14-10)9(4)15-7-3/h8-9H,5-7,13H2,1-4H3. The molecule has 3 nitrogen and oxygen atoms in total. The zero-order valence-corrected chi connectivity index (χ0v) is 11.4. The van der Waals surface area contributed by atoms with Gasteiger partial charge < -0.3 is 10.5 Å². The molecule has 0 aliphatic carbocycles. The molecule has 1 aromatic heterocycles. The lowest BCUT2D eigenvalue weighted by molar-refractivity contribution is 0.0759. The van der Waals surface area contributed by atoms with Crippen LogP contribution in [-0.2, 0) is 10.3 Å². The van der Waals surface area contributed by atoms with Crippen LogP contribution >= 0.6 is 11.3 Å². The van der Waals surface area contributed by atoms with E-state index in [2.05, 4.69) is 24.2 Å². The number of ether oxygens (including phenoxy) is 1. The van der Waals surface area contributed by atoms with Gasteiger partial charge >= 0.3 is 0 Å². The van der Waals surface area contributed by atoms with Gasteiger partial charge in [0, 0.05) is 12.0 Å². The van der Waals surface area contributed by atoms with Crippen molar-refractivity contribution in [3.8, 4) is 0 Å². The Balaban J connectivity index is 2.85. The highest BCUT2D eigenvalue weighted by Gasteiger charge is 2.26. The average molecular weight is 242 g/mol. The summed E-state index contributed by atoms with van der Waals surface area (Å²) < 4.78 is 5.53. The van der Waals surface area contributed by atoms with Gasteiger partial charge in [-0.1, -0.05) is 13.8 Å². The quantitative estimate of drug-likeness (QED) is 0.833. The maximum Gasteiger partial charge on any atom is 0.122 e. The molecule has 1 rings (SSSR count). The van der Waals surface area contributed by atoms with Gasteiger partial charge in [-0.25, -0.2) is 4.98 Å². The van der Waals surface area contributed by atoms with Gasteiger partial charge in [-0.15, -0.1) is 11.3 Å². The van der Waals surface area contributed by atoms with Crippen LogP contribution in [0, 0.1) is 0 Å². The van der Waals surface area contributed by atoms with Crippen molar-refractivity contribution in [1.82, 2.24) is 4.98 Å². The van der Waals surface area contributed by atoms with Crippen molar-refractivity contribution in [1.29, 1.82) is 0 Å². The summed E-state index contributed by atoms with van der Waals surface area (Å²) in [6.45, 7) is 8.95. The van der Waals surface area contributed by atoms with E-state index < -0.39 is 0 Å². The van der Waals surface area contributed by atoms with Crippen LogP contribution in [0.15, 0.2) is 5.38 Å². The highest BCUT2D eigenvalue weighted by molar-refractivity contribution is 7.09. The van der Waals surface area contributed by atoms with E-state index in [0.717, 1.165) is 23.5 Å². The van der Waals surface area contributed by atoms with E-state index in [9.17, 15) is 0 Å². The van der Waals surface area contributed by atoms with Crippen molar-refractivity contribution in [3.63, 3.8) is 0 Å². The molecular weight excluding hydrogens is 220 g/mol. The van der Waals surface area contributed by atoms with Crippen LogP contribution in [0.5, 0.6) is 0 Å². The van der Waals surface area contributed by atoms with Gasteiger partial charge in [-0.3, -0.25) is 0 Å². The minimum Gasteiger partial charge on any atom is -0.372 e. The molecule has 0 radical (unpaired) electrons. The summed E-state index contributed by atoms with van der Waals surface area (Å²) in [5.74, 6) is 0. The number of aromatic nitrogens is 1. The molecule has 1 heterocycles. The molecule has 0 saturated carbocycles. The average Bonchev–Trinajstić information content (AvgIpc) is 2.78. The number of hydrogen-bond acceptors (Lipinski definition) is 4. The van der Waals surface area contributed by atoms with E-state index in [0.29, 0.717) is 6.61 Å². The van der Waals surface area contributed by atoms with Crippen LogP contribution < -0.4 is 5.73 Å². The molecule has 1 atom stereocenters. The molecule has 1 aromatic rings. The van der Waals surface area contributed by atoms with Gasteiger partial charge in [0.25, 0.3) is 0 Å². The van der Waals surface area contributed by atoms with E-state index in [1.165, 1.54) is 0 Å². The molecule has 0 fully saturated rings. The van der Waals surface area contributed by atoms with Crippen LogP contribution in [0.1, 0.15) is 57.3 Å². The first kappa shape index (κ1) is 13.6. The first-order chi connectivity index (χ1) is 7.57. The fourth-order valence-corrected chi connectivity index (χ4v) is 2.57. The van der Waals surface area contributed by atoms with E-state index in [-0.39, 0.29) is 11.6 Å². The van der Waals surface area contributed by atoms with Gasteiger partial charge in [-0.05, 0) is 26.7 Å². The predicted octanol–water partition coefficient (Wildman–Crippen LogP) is 3.21. The van der Waals surface area contributed by atoms with Crippen LogP contribution in [0.3, 0.4) is 0 Å². The zero-order chi connectivity index (χ0) is 12.2. The van der Waals surface area contributed by atoms with Gasteiger partial charge in [0.1, 0.15) is 11.1 Å². The Morgan fingerprint density at radius 3 is 2.56 bits per heavy atom. The Hall–Kier alpha value is -0.450. The Bertz CT molecular complexity index is 321. The fourth-order valence-electron chi connectivity index (χ4n) is 1.64. The zero-order valence-electron chi connectivity index (χ0n) is 10.6. The van der Waals surface area contributed by atoms with Crippen molar-refractivity contribution < 1.29 is 4.74 Å². The number of thiazole rings is 1. The molecule has 0 saturated heterocycles.